The Morgan fingerprint density at radius 1 is 1.21 bits per heavy atom. The van der Waals surface area contributed by atoms with Crippen LogP contribution in [-0.4, -0.2) is 18.0 Å². The maximum atomic E-state index is 12.6. The lowest BCUT2D eigenvalue weighted by Gasteiger charge is -2.40. The van der Waals surface area contributed by atoms with E-state index in [1.807, 2.05) is 6.07 Å². The summed E-state index contributed by atoms with van der Waals surface area (Å²) in [5, 5.41) is 0. The molecular weight excluding hydrogens is 236 g/mol. The molecule has 1 spiro atoms. The molecule has 0 aromatic heterocycles. The van der Waals surface area contributed by atoms with Gasteiger partial charge in [0, 0.05) is 11.8 Å². The lowest BCUT2D eigenvalue weighted by atomic mass is 9.63. The zero-order chi connectivity index (χ0) is 13.1. The molecule has 2 nitrogen and oxygen atoms in total. The van der Waals surface area contributed by atoms with Crippen LogP contribution in [0.15, 0.2) is 30.3 Å². The topological polar surface area (TPSA) is 26.3 Å². The van der Waals surface area contributed by atoms with Gasteiger partial charge in [-0.05, 0) is 37.7 Å². The largest absolute Gasteiger partial charge is 0.374 e. The van der Waals surface area contributed by atoms with Crippen LogP contribution in [0.25, 0.3) is 0 Å². The molecule has 0 unspecified atom stereocenters. The zero-order valence-electron chi connectivity index (χ0n) is 11.4. The van der Waals surface area contributed by atoms with Crippen LogP contribution in [0.1, 0.15) is 44.1 Å². The summed E-state index contributed by atoms with van der Waals surface area (Å²) in [6.07, 6.45) is 4.18. The van der Waals surface area contributed by atoms with Crippen molar-refractivity contribution in [2.45, 2.75) is 44.1 Å². The van der Waals surface area contributed by atoms with Crippen molar-refractivity contribution in [3.8, 4) is 0 Å². The van der Waals surface area contributed by atoms with Crippen molar-refractivity contribution < 1.29 is 9.53 Å². The van der Waals surface area contributed by atoms with E-state index in [1.165, 1.54) is 12.0 Å². The standard InChI is InChI=1S/C17H20O2/c1-16-8-5-9-17(16)13(11-19-16)10-14(18)15(17)12-6-3-2-4-7-12/h2-4,6-7,13,15H,5,8-11H2,1H3/t13-,15+,16+,17+/m1/s1. The number of carbonyl (C=O) groups excluding carboxylic acids is 1. The quantitative estimate of drug-likeness (QED) is 0.770. The maximum absolute atomic E-state index is 12.6. The Morgan fingerprint density at radius 2 is 2.00 bits per heavy atom. The second kappa shape index (κ2) is 3.69. The first-order chi connectivity index (χ1) is 9.17. The molecule has 0 radical (unpaired) electrons. The van der Waals surface area contributed by atoms with Crippen molar-refractivity contribution >= 4 is 5.78 Å². The second-order valence-corrected chi connectivity index (χ2v) is 6.65. The van der Waals surface area contributed by atoms with Gasteiger partial charge in [0.25, 0.3) is 0 Å². The lowest BCUT2D eigenvalue weighted by molar-refractivity contribution is -0.123. The minimum Gasteiger partial charge on any atom is -0.374 e. The highest BCUT2D eigenvalue weighted by molar-refractivity contribution is 5.90. The van der Waals surface area contributed by atoms with Gasteiger partial charge in [0.2, 0.25) is 0 Å². The molecule has 0 amide bonds. The van der Waals surface area contributed by atoms with Gasteiger partial charge in [-0.2, -0.15) is 0 Å². The van der Waals surface area contributed by atoms with Crippen molar-refractivity contribution in [2.24, 2.45) is 11.3 Å². The first-order valence-electron chi connectivity index (χ1n) is 7.39. The molecule has 2 saturated carbocycles. The van der Waals surface area contributed by atoms with Crippen LogP contribution in [0.5, 0.6) is 0 Å². The van der Waals surface area contributed by atoms with Crippen LogP contribution >= 0.6 is 0 Å². The molecule has 19 heavy (non-hydrogen) atoms. The average Bonchev–Trinajstić information content (AvgIpc) is 2.96. The predicted molar refractivity (Wildman–Crippen MR) is 72.9 cm³/mol. The van der Waals surface area contributed by atoms with E-state index in [0.717, 1.165) is 25.9 Å². The summed E-state index contributed by atoms with van der Waals surface area (Å²) in [6.45, 7) is 3.03. The van der Waals surface area contributed by atoms with E-state index in [-0.39, 0.29) is 16.9 Å². The number of benzene rings is 1. The molecule has 3 aliphatic rings. The fraction of sp³-hybridized carbons (Fsp3) is 0.588. The van der Waals surface area contributed by atoms with Crippen LogP contribution in [0.2, 0.25) is 0 Å². The molecule has 3 fully saturated rings. The van der Waals surface area contributed by atoms with E-state index in [0.29, 0.717) is 11.7 Å². The van der Waals surface area contributed by atoms with Gasteiger partial charge in [0.15, 0.2) is 0 Å². The third kappa shape index (κ3) is 1.28. The first-order valence-corrected chi connectivity index (χ1v) is 7.39. The minimum atomic E-state index is -0.0790. The number of hydrogen-bond acceptors (Lipinski definition) is 2. The molecule has 2 heteroatoms. The SMILES string of the molecule is C[C@]12CCC[C@@]13[C@@H](CO2)CC(=O)[C@@H]3c1ccccc1. The first kappa shape index (κ1) is 11.7. The molecule has 0 N–H and O–H groups in total. The van der Waals surface area contributed by atoms with Crippen molar-refractivity contribution in [3.05, 3.63) is 35.9 Å². The Balaban J connectivity index is 1.88. The maximum Gasteiger partial charge on any atom is 0.141 e. The van der Waals surface area contributed by atoms with E-state index in [2.05, 4.69) is 31.2 Å². The number of carbonyl (C=O) groups is 1. The highest BCUT2D eigenvalue weighted by Crippen LogP contribution is 2.68. The molecule has 4 atom stereocenters. The molecular formula is C17H20O2. The van der Waals surface area contributed by atoms with Gasteiger partial charge < -0.3 is 4.74 Å². The van der Waals surface area contributed by atoms with Crippen LogP contribution in [0.3, 0.4) is 0 Å². The summed E-state index contributed by atoms with van der Waals surface area (Å²) >= 11 is 0. The van der Waals surface area contributed by atoms with Gasteiger partial charge in [-0.25, -0.2) is 0 Å². The van der Waals surface area contributed by atoms with Crippen molar-refractivity contribution in [2.75, 3.05) is 6.61 Å². The van der Waals surface area contributed by atoms with Gasteiger partial charge in [-0.1, -0.05) is 30.3 Å². The fourth-order valence-electron chi connectivity index (χ4n) is 5.19. The molecule has 1 aliphatic heterocycles. The molecule has 1 aromatic rings. The molecule has 2 aliphatic carbocycles. The van der Waals surface area contributed by atoms with Crippen molar-refractivity contribution in [3.63, 3.8) is 0 Å². The van der Waals surface area contributed by atoms with E-state index in [4.69, 9.17) is 4.74 Å². The summed E-state index contributed by atoms with van der Waals surface area (Å²) in [4.78, 5) is 12.6. The number of ether oxygens (including phenoxy) is 1. The second-order valence-electron chi connectivity index (χ2n) is 6.65. The Kier molecular flexibility index (Phi) is 2.27. The van der Waals surface area contributed by atoms with Crippen molar-refractivity contribution in [1.29, 1.82) is 0 Å². The summed E-state index contributed by atoms with van der Waals surface area (Å²) in [5.41, 5.74) is 1.20. The average molecular weight is 256 g/mol. The zero-order valence-corrected chi connectivity index (χ0v) is 11.4. The predicted octanol–water partition coefficient (Wildman–Crippen LogP) is 3.32. The molecule has 1 heterocycles. The number of rotatable bonds is 1. The third-order valence-electron chi connectivity index (χ3n) is 5.98. The third-order valence-corrected chi connectivity index (χ3v) is 5.98. The van der Waals surface area contributed by atoms with Gasteiger partial charge >= 0.3 is 0 Å². The summed E-state index contributed by atoms with van der Waals surface area (Å²) in [5.74, 6) is 0.944. The summed E-state index contributed by atoms with van der Waals surface area (Å²) in [6, 6.07) is 10.4. The molecule has 4 rings (SSSR count). The summed E-state index contributed by atoms with van der Waals surface area (Å²) in [7, 11) is 0. The Bertz CT molecular complexity index is 523. The van der Waals surface area contributed by atoms with E-state index in [1.54, 1.807) is 0 Å². The molecule has 1 aromatic carbocycles. The van der Waals surface area contributed by atoms with E-state index < -0.39 is 0 Å². The highest BCUT2D eigenvalue weighted by atomic mass is 16.5. The Hall–Kier alpha value is -1.15. The lowest BCUT2D eigenvalue weighted by Crippen LogP contribution is -2.43. The van der Waals surface area contributed by atoms with Crippen LogP contribution in [0.4, 0.5) is 0 Å². The van der Waals surface area contributed by atoms with Gasteiger partial charge in [-0.15, -0.1) is 0 Å². The van der Waals surface area contributed by atoms with E-state index in [9.17, 15) is 4.79 Å². The van der Waals surface area contributed by atoms with Crippen LogP contribution < -0.4 is 0 Å². The Morgan fingerprint density at radius 3 is 2.79 bits per heavy atom. The number of Topliss-reactive ketones (excluding diaryl/α,β-unsaturated/α-hetero) is 1. The monoisotopic (exact) mass is 256 g/mol. The Labute approximate surface area is 114 Å². The normalized spacial score (nSPS) is 44.4. The van der Waals surface area contributed by atoms with Crippen LogP contribution in [0, 0.1) is 11.3 Å². The number of hydrogen-bond donors (Lipinski definition) is 0. The summed E-state index contributed by atoms with van der Waals surface area (Å²) < 4.78 is 6.17. The highest BCUT2D eigenvalue weighted by Gasteiger charge is 2.69. The molecule has 100 valence electrons. The smallest absolute Gasteiger partial charge is 0.141 e. The minimum absolute atomic E-state index is 0.0636. The molecule has 0 bridgehead atoms. The van der Waals surface area contributed by atoms with E-state index >= 15 is 0 Å². The van der Waals surface area contributed by atoms with Gasteiger partial charge in [-0.3, -0.25) is 4.79 Å². The van der Waals surface area contributed by atoms with Crippen LogP contribution in [-0.2, 0) is 9.53 Å². The van der Waals surface area contributed by atoms with Gasteiger partial charge in [0.1, 0.15) is 5.78 Å². The van der Waals surface area contributed by atoms with Crippen molar-refractivity contribution in [1.82, 2.24) is 0 Å². The molecule has 1 saturated heterocycles. The fourth-order valence-corrected chi connectivity index (χ4v) is 5.19. The number of ketones is 1. The van der Waals surface area contributed by atoms with Gasteiger partial charge in [0.05, 0.1) is 18.1 Å².